The number of rotatable bonds is 4. The van der Waals surface area contributed by atoms with Crippen LogP contribution in [0.25, 0.3) is 21.9 Å². The van der Waals surface area contributed by atoms with Gasteiger partial charge in [-0.05, 0) is 32.9 Å². The van der Waals surface area contributed by atoms with E-state index < -0.39 is 16.8 Å². The molecule has 1 atom stereocenters. The third-order valence-electron chi connectivity index (χ3n) is 5.02. The van der Waals surface area contributed by atoms with Crippen molar-refractivity contribution in [2.45, 2.75) is 38.4 Å². The smallest absolute Gasteiger partial charge is 0.336 e. The van der Waals surface area contributed by atoms with Crippen LogP contribution >= 0.6 is 0 Å². The number of ether oxygens (including phenoxy) is 2. The molecular formula is C21H20O7. The van der Waals surface area contributed by atoms with Gasteiger partial charge in [0.1, 0.15) is 33.9 Å². The maximum atomic E-state index is 12.4. The van der Waals surface area contributed by atoms with E-state index in [1.54, 1.807) is 39.0 Å². The zero-order valence-corrected chi connectivity index (χ0v) is 15.8. The molecule has 0 saturated heterocycles. The van der Waals surface area contributed by atoms with Gasteiger partial charge in [0, 0.05) is 24.6 Å². The molecule has 0 unspecified atom stereocenters. The van der Waals surface area contributed by atoms with Crippen molar-refractivity contribution in [2.24, 2.45) is 0 Å². The summed E-state index contributed by atoms with van der Waals surface area (Å²) in [6, 6.07) is 6.37. The summed E-state index contributed by atoms with van der Waals surface area (Å²) in [7, 11) is 0. The molecule has 0 bridgehead atoms. The fraction of sp³-hybridized carbons (Fsp3) is 0.333. The summed E-state index contributed by atoms with van der Waals surface area (Å²) in [4.78, 5) is 23.9. The van der Waals surface area contributed by atoms with E-state index in [-0.39, 0.29) is 24.6 Å². The highest BCUT2D eigenvalue weighted by Crippen LogP contribution is 2.37. The van der Waals surface area contributed by atoms with E-state index in [9.17, 15) is 14.7 Å². The SMILES string of the molecule is CC1(C)O[C@@](C)(CCOc2c3ccoc3cc3oc(=O)ccc23)C(=O)C=C1O. The van der Waals surface area contributed by atoms with Crippen LogP contribution in [0.3, 0.4) is 0 Å². The molecule has 2 aromatic heterocycles. The van der Waals surface area contributed by atoms with Crippen LogP contribution < -0.4 is 10.4 Å². The fourth-order valence-electron chi connectivity index (χ4n) is 3.40. The van der Waals surface area contributed by atoms with Gasteiger partial charge in [-0.2, -0.15) is 0 Å². The van der Waals surface area contributed by atoms with Crippen LogP contribution in [-0.4, -0.2) is 28.7 Å². The number of ketones is 1. The summed E-state index contributed by atoms with van der Waals surface area (Å²) in [6.07, 6.45) is 3.01. The Balaban J connectivity index is 1.63. The number of furan rings is 1. The van der Waals surface area contributed by atoms with Crippen LogP contribution in [0.2, 0.25) is 0 Å². The highest BCUT2D eigenvalue weighted by Gasteiger charge is 2.44. The molecule has 0 spiro atoms. The van der Waals surface area contributed by atoms with Gasteiger partial charge in [0.15, 0.2) is 5.78 Å². The molecule has 4 rings (SSSR count). The van der Waals surface area contributed by atoms with Gasteiger partial charge in [-0.3, -0.25) is 4.79 Å². The van der Waals surface area contributed by atoms with Gasteiger partial charge in [0.25, 0.3) is 0 Å². The zero-order chi connectivity index (χ0) is 20.1. The first-order chi connectivity index (χ1) is 13.2. The standard InChI is InChI=1S/C21H20O7/c1-20(2)16(22)11-17(23)21(3,28-20)7-9-26-19-12-4-5-18(24)27-15(12)10-14-13(19)6-8-25-14/h4-6,8,10-11,22H,7,9H2,1-3H3/t21-/m0/s1. The lowest BCUT2D eigenvalue weighted by molar-refractivity contribution is -0.167. The Labute approximate surface area is 160 Å². The summed E-state index contributed by atoms with van der Waals surface area (Å²) in [5.41, 5.74) is -1.66. The van der Waals surface area contributed by atoms with Crippen molar-refractivity contribution in [3.63, 3.8) is 0 Å². The van der Waals surface area contributed by atoms with Crippen LogP contribution in [-0.2, 0) is 9.53 Å². The van der Waals surface area contributed by atoms with Crippen molar-refractivity contribution < 1.29 is 28.2 Å². The average molecular weight is 384 g/mol. The number of hydrogen-bond donors (Lipinski definition) is 1. The Morgan fingerprint density at radius 2 is 1.82 bits per heavy atom. The van der Waals surface area contributed by atoms with Crippen LogP contribution in [0, 0.1) is 0 Å². The van der Waals surface area contributed by atoms with Crippen LogP contribution in [0.5, 0.6) is 5.75 Å². The Hall–Kier alpha value is -3.06. The number of hydrogen-bond acceptors (Lipinski definition) is 7. The van der Waals surface area contributed by atoms with Crippen molar-refractivity contribution in [3.8, 4) is 5.75 Å². The van der Waals surface area contributed by atoms with Crippen LogP contribution in [0.4, 0.5) is 0 Å². The van der Waals surface area contributed by atoms with E-state index >= 15 is 0 Å². The Morgan fingerprint density at radius 3 is 2.61 bits per heavy atom. The highest BCUT2D eigenvalue weighted by atomic mass is 16.5. The Kier molecular flexibility index (Phi) is 4.08. The molecule has 28 heavy (non-hydrogen) atoms. The summed E-state index contributed by atoms with van der Waals surface area (Å²) < 4.78 is 22.5. The molecule has 146 valence electrons. The van der Waals surface area contributed by atoms with Gasteiger partial charge >= 0.3 is 5.63 Å². The quantitative estimate of drug-likeness (QED) is 0.681. The Bertz CT molecular complexity index is 1160. The highest BCUT2D eigenvalue weighted by molar-refractivity contribution is 6.01. The molecule has 3 heterocycles. The minimum atomic E-state index is -1.12. The van der Waals surface area contributed by atoms with Crippen molar-refractivity contribution in [3.05, 3.63) is 52.8 Å². The van der Waals surface area contributed by atoms with Gasteiger partial charge in [0.2, 0.25) is 0 Å². The van der Waals surface area contributed by atoms with Crippen LogP contribution in [0.15, 0.2) is 56.0 Å². The molecule has 1 aromatic carbocycles. The molecule has 0 radical (unpaired) electrons. The lowest BCUT2D eigenvalue weighted by Gasteiger charge is -2.39. The lowest BCUT2D eigenvalue weighted by Crippen LogP contribution is -2.50. The molecule has 1 aliphatic heterocycles. The van der Waals surface area contributed by atoms with Gasteiger partial charge in [-0.1, -0.05) is 0 Å². The zero-order valence-electron chi connectivity index (χ0n) is 15.8. The summed E-state index contributed by atoms with van der Waals surface area (Å²) in [6.45, 7) is 5.25. The third-order valence-corrected chi connectivity index (χ3v) is 5.02. The molecule has 0 amide bonds. The normalized spacial score (nSPS) is 21.8. The molecule has 7 heteroatoms. The minimum Gasteiger partial charge on any atom is -0.509 e. The number of carbonyl (C=O) groups excluding carboxylic acids is 1. The molecule has 3 aromatic rings. The maximum absolute atomic E-state index is 12.4. The second kappa shape index (κ2) is 6.24. The number of carbonyl (C=O) groups is 1. The number of fused-ring (bicyclic) bond motifs is 2. The van der Waals surface area contributed by atoms with Crippen LogP contribution in [0.1, 0.15) is 27.2 Å². The molecular weight excluding hydrogens is 364 g/mol. The predicted molar refractivity (Wildman–Crippen MR) is 102 cm³/mol. The fourth-order valence-corrected chi connectivity index (χ4v) is 3.40. The van der Waals surface area contributed by atoms with E-state index in [1.807, 2.05) is 0 Å². The van der Waals surface area contributed by atoms with E-state index in [2.05, 4.69) is 0 Å². The van der Waals surface area contributed by atoms with Gasteiger partial charge < -0.3 is 23.4 Å². The monoisotopic (exact) mass is 384 g/mol. The molecule has 7 nitrogen and oxygen atoms in total. The summed E-state index contributed by atoms with van der Waals surface area (Å²) in [5, 5.41) is 11.3. The minimum absolute atomic E-state index is 0.0971. The van der Waals surface area contributed by atoms with E-state index in [1.165, 1.54) is 18.4 Å². The van der Waals surface area contributed by atoms with E-state index in [4.69, 9.17) is 18.3 Å². The van der Waals surface area contributed by atoms with Gasteiger partial charge in [0.05, 0.1) is 23.6 Å². The average Bonchev–Trinajstić information content (AvgIpc) is 3.07. The largest absolute Gasteiger partial charge is 0.509 e. The Morgan fingerprint density at radius 1 is 1.07 bits per heavy atom. The predicted octanol–water partition coefficient (Wildman–Crippen LogP) is 3.89. The summed E-state index contributed by atoms with van der Waals surface area (Å²) in [5.74, 6) is 0.0971. The number of benzene rings is 1. The second-order valence-corrected chi connectivity index (χ2v) is 7.54. The van der Waals surface area contributed by atoms with Crippen molar-refractivity contribution in [1.82, 2.24) is 0 Å². The maximum Gasteiger partial charge on any atom is 0.336 e. The summed E-state index contributed by atoms with van der Waals surface area (Å²) >= 11 is 0. The molecule has 0 aliphatic carbocycles. The van der Waals surface area contributed by atoms with Crippen molar-refractivity contribution in [1.29, 1.82) is 0 Å². The lowest BCUT2D eigenvalue weighted by atomic mass is 9.89. The first kappa shape index (κ1) is 18.3. The van der Waals surface area contributed by atoms with Crippen molar-refractivity contribution in [2.75, 3.05) is 6.61 Å². The molecule has 1 N–H and O–H groups in total. The molecule has 1 aliphatic rings. The van der Waals surface area contributed by atoms with E-state index in [0.717, 1.165) is 5.39 Å². The first-order valence-electron chi connectivity index (χ1n) is 8.92. The van der Waals surface area contributed by atoms with Crippen molar-refractivity contribution >= 4 is 27.7 Å². The number of aliphatic hydroxyl groups is 1. The first-order valence-corrected chi connectivity index (χ1v) is 8.92. The van der Waals surface area contributed by atoms with Gasteiger partial charge in [-0.15, -0.1) is 0 Å². The second-order valence-electron chi connectivity index (χ2n) is 7.54. The number of aliphatic hydroxyl groups excluding tert-OH is 1. The molecule has 0 fully saturated rings. The molecule has 0 saturated carbocycles. The van der Waals surface area contributed by atoms with E-state index in [0.29, 0.717) is 22.3 Å². The topological polar surface area (TPSA) is 99.1 Å². The van der Waals surface area contributed by atoms with Gasteiger partial charge in [-0.25, -0.2) is 4.79 Å². The third kappa shape index (κ3) is 2.97.